The molecule has 0 radical (unpaired) electrons. The molecule has 8 atom stereocenters. The van der Waals surface area contributed by atoms with Gasteiger partial charge in [0.15, 0.2) is 0 Å². The standard InChI is InChI=1S/C76H154O31/c1-17-76(33-92,61-106-58-74(14,50-101-43-69(9,30-89)59-107-75(15,31-90)32-91)56-103-51-70(10,44-95-36-63(3,20-79)21-80)45-96-37-64(4,22-81)23-82)60-105-57-73(13,49-99-40-67(7,28-87)34-93-16)55-104-54-72(12,47-98-39-66(6,26-85)27-86)53-102-52-71(11,46-97-38-65(5,24-83)25-84)48-100-42-68(8,29-88)41-94-35-62(2,18-77)19-78/h77-92H,17-61H2,1-16H3. The third-order valence-electron chi connectivity index (χ3n) is 19.6. The number of hydrogen-bond acceptors (Lipinski definition) is 31. The molecule has 0 aliphatic carbocycles. The first-order valence-corrected chi connectivity index (χ1v) is 37.4. The maximum atomic E-state index is 11.3. The van der Waals surface area contributed by atoms with Crippen LogP contribution >= 0.6 is 0 Å². The van der Waals surface area contributed by atoms with Crippen molar-refractivity contribution in [2.75, 3.05) is 298 Å². The van der Waals surface area contributed by atoms with Gasteiger partial charge in [-0.1, -0.05) is 96.9 Å². The zero-order valence-corrected chi connectivity index (χ0v) is 68.6. The molecule has 31 heteroatoms. The molecular formula is C76H154O31. The lowest BCUT2D eigenvalue weighted by molar-refractivity contribution is -0.151. The first kappa shape index (κ1) is 106. The molecule has 0 aliphatic heterocycles. The van der Waals surface area contributed by atoms with Crippen LogP contribution in [0.1, 0.15) is 110 Å². The van der Waals surface area contributed by atoms with E-state index >= 15 is 0 Å². The Morgan fingerprint density at radius 2 is 0.318 bits per heavy atom. The molecule has 0 bridgehead atoms. The Labute approximate surface area is 640 Å². The summed E-state index contributed by atoms with van der Waals surface area (Å²) in [6.07, 6.45) is 0.397. The van der Waals surface area contributed by atoms with Gasteiger partial charge in [-0.2, -0.15) is 0 Å². The Hall–Kier alpha value is -1.24. The van der Waals surface area contributed by atoms with Gasteiger partial charge in [0.1, 0.15) is 5.60 Å². The van der Waals surface area contributed by atoms with Gasteiger partial charge in [0.2, 0.25) is 0 Å². The van der Waals surface area contributed by atoms with Crippen molar-refractivity contribution in [3.05, 3.63) is 0 Å². The minimum absolute atomic E-state index is 0.00257. The van der Waals surface area contributed by atoms with Crippen LogP contribution in [0.2, 0.25) is 0 Å². The minimum atomic E-state index is -1.28. The van der Waals surface area contributed by atoms with Gasteiger partial charge in [0, 0.05) is 82.9 Å². The Bertz CT molecular complexity index is 2190. The van der Waals surface area contributed by atoms with Crippen LogP contribution in [0.15, 0.2) is 0 Å². The average Bonchev–Trinajstić information content (AvgIpc) is 0.859. The van der Waals surface area contributed by atoms with Crippen molar-refractivity contribution >= 4 is 0 Å². The van der Waals surface area contributed by atoms with Gasteiger partial charge in [0.25, 0.3) is 0 Å². The molecular weight excluding hydrogens is 1410 g/mol. The number of methoxy groups -OCH3 is 1. The summed E-state index contributed by atoms with van der Waals surface area (Å²) in [5.41, 5.74) is -14.0. The third kappa shape index (κ3) is 40.8. The molecule has 0 heterocycles. The number of aliphatic hydroxyl groups excluding tert-OH is 16. The molecule has 0 aliphatic rings. The first-order valence-electron chi connectivity index (χ1n) is 37.4. The molecule has 644 valence electrons. The first-order chi connectivity index (χ1) is 50.0. The van der Waals surface area contributed by atoms with Crippen LogP contribution in [0.5, 0.6) is 0 Å². The van der Waals surface area contributed by atoms with Crippen LogP contribution < -0.4 is 0 Å². The highest BCUT2D eigenvalue weighted by atomic mass is 16.6. The molecule has 107 heavy (non-hydrogen) atoms. The summed E-state index contributed by atoms with van der Waals surface area (Å²) in [4.78, 5) is 0. The zero-order chi connectivity index (χ0) is 81.9. The van der Waals surface area contributed by atoms with Crippen molar-refractivity contribution in [1.29, 1.82) is 0 Å². The molecule has 16 N–H and O–H groups in total. The summed E-state index contributed by atoms with van der Waals surface area (Å²) < 4.78 is 93.9. The Morgan fingerprint density at radius 3 is 0.467 bits per heavy atom. The summed E-state index contributed by atoms with van der Waals surface area (Å²) >= 11 is 0. The zero-order valence-electron chi connectivity index (χ0n) is 68.6. The predicted molar refractivity (Wildman–Crippen MR) is 398 cm³/mol. The number of ether oxygens (including phenoxy) is 15. The molecule has 0 amide bonds. The van der Waals surface area contributed by atoms with E-state index in [2.05, 4.69) is 0 Å². The number of rotatable bonds is 74. The molecule has 0 fully saturated rings. The molecule has 0 spiro atoms. The molecule has 8 unspecified atom stereocenters. The summed E-state index contributed by atoms with van der Waals surface area (Å²) in [5.74, 6) is 0. The van der Waals surface area contributed by atoms with Gasteiger partial charge < -0.3 is 153 Å². The fraction of sp³-hybridized carbons (Fsp3) is 1.00. The summed E-state index contributed by atoms with van der Waals surface area (Å²) in [6.45, 7) is 22.1. The van der Waals surface area contributed by atoms with Crippen molar-refractivity contribution in [3.63, 3.8) is 0 Å². The van der Waals surface area contributed by atoms with Gasteiger partial charge in [-0.05, 0) is 13.3 Å². The lowest BCUT2D eigenvalue weighted by Crippen LogP contribution is -2.45. The molecule has 0 rings (SSSR count). The fourth-order valence-electron chi connectivity index (χ4n) is 10.0. The highest BCUT2D eigenvalue weighted by Crippen LogP contribution is 2.34. The van der Waals surface area contributed by atoms with Gasteiger partial charge in [-0.15, -0.1) is 0 Å². The second kappa shape index (κ2) is 51.0. The number of hydrogen-bond donors (Lipinski definition) is 16. The smallest absolute Gasteiger partial charge is 0.111 e. The van der Waals surface area contributed by atoms with Crippen molar-refractivity contribution in [1.82, 2.24) is 0 Å². The summed E-state index contributed by atoms with van der Waals surface area (Å²) in [7, 11) is 1.53. The lowest BCUT2D eigenvalue weighted by Gasteiger charge is -2.38. The van der Waals surface area contributed by atoms with Gasteiger partial charge in [-0.3, -0.25) is 0 Å². The van der Waals surface area contributed by atoms with Crippen molar-refractivity contribution in [2.45, 2.75) is 116 Å². The van der Waals surface area contributed by atoms with E-state index in [9.17, 15) is 81.7 Å². The van der Waals surface area contributed by atoms with Crippen LogP contribution in [0.3, 0.4) is 0 Å². The van der Waals surface area contributed by atoms with E-state index in [1.165, 1.54) is 7.11 Å². The maximum absolute atomic E-state index is 11.3. The van der Waals surface area contributed by atoms with E-state index in [1.54, 1.807) is 55.4 Å². The highest BCUT2D eigenvalue weighted by Gasteiger charge is 2.41. The maximum Gasteiger partial charge on any atom is 0.111 e. The quantitative estimate of drug-likeness (QED) is 0.0380. The molecule has 0 saturated heterocycles. The van der Waals surface area contributed by atoms with E-state index in [-0.39, 0.29) is 277 Å². The largest absolute Gasteiger partial charge is 0.396 e. The number of aliphatic hydroxyl groups is 16. The molecule has 0 aromatic rings. The van der Waals surface area contributed by atoms with Crippen molar-refractivity contribution in [3.8, 4) is 0 Å². The topological polar surface area (TPSA) is 462 Å². The Balaban J connectivity index is 7.28. The van der Waals surface area contributed by atoms with E-state index in [1.807, 2.05) is 48.5 Å². The van der Waals surface area contributed by atoms with Crippen molar-refractivity contribution in [2.24, 2.45) is 75.8 Å². The second-order valence-electron chi connectivity index (χ2n) is 36.5. The van der Waals surface area contributed by atoms with Crippen molar-refractivity contribution < 1.29 is 153 Å². The fourth-order valence-corrected chi connectivity index (χ4v) is 10.0. The summed E-state index contributed by atoms with van der Waals surface area (Å²) in [6, 6.07) is 0. The molecule has 0 aromatic carbocycles. The second-order valence-corrected chi connectivity index (χ2v) is 36.5. The monoisotopic (exact) mass is 1560 g/mol. The van der Waals surface area contributed by atoms with E-state index in [0.717, 1.165) is 0 Å². The van der Waals surface area contributed by atoms with Gasteiger partial charge in [-0.25, -0.2) is 0 Å². The minimum Gasteiger partial charge on any atom is -0.396 e. The van der Waals surface area contributed by atoms with Crippen LogP contribution in [-0.4, -0.2) is 385 Å². The van der Waals surface area contributed by atoms with Crippen LogP contribution in [0, 0.1) is 75.8 Å². The highest BCUT2D eigenvalue weighted by molar-refractivity contribution is 4.87. The van der Waals surface area contributed by atoms with E-state index in [0.29, 0.717) is 6.42 Å². The molecule has 0 aromatic heterocycles. The Kier molecular flexibility index (Phi) is 50.4. The molecule has 0 saturated carbocycles. The van der Waals surface area contributed by atoms with E-state index < -0.39 is 94.6 Å². The summed E-state index contributed by atoms with van der Waals surface area (Å²) in [5, 5.41) is 163. The van der Waals surface area contributed by atoms with Crippen LogP contribution in [0.4, 0.5) is 0 Å². The normalized spacial score (nSPS) is 17.9. The third-order valence-corrected chi connectivity index (χ3v) is 19.6. The molecule has 31 nitrogen and oxygen atoms in total. The van der Waals surface area contributed by atoms with Gasteiger partial charge in [0.05, 0.1) is 291 Å². The van der Waals surface area contributed by atoms with Crippen LogP contribution in [-0.2, 0) is 71.1 Å². The van der Waals surface area contributed by atoms with E-state index in [4.69, 9.17) is 71.1 Å². The average molecular weight is 1560 g/mol. The van der Waals surface area contributed by atoms with Gasteiger partial charge >= 0.3 is 0 Å². The van der Waals surface area contributed by atoms with Crippen LogP contribution in [0.25, 0.3) is 0 Å². The predicted octanol–water partition coefficient (Wildman–Crippen LogP) is -0.0210. The lowest BCUT2D eigenvalue weighted by atomic mass is 9.87. The SMILES string of the molecule is CCC(CO)(COCC(C)(COCC(C)(CO)COC)COCC(C)(COCC(C)(CO)CO)COCC(C)(COCC(C)(CO)CO)COCC(C)(CO)COCC(C)(CO)CO)COCC(C)(COCC(C)(COCC(C)(CO)CO)COCC(C)(CO)CO)COCC(C)(CO)COC(C)(CO)CO. The Morgan fingerprint density at radius 1 is 0.168 bits per heavy atom.